The Morgan fingerprint density at radius 1 is 1.23 bits per heavy atom. The molecule has 1 saturated heterocycles. The van der Waals surface area contributed by atoms with Gasteiger partial charge >= 0.3 is 0 Å². The van der Waals surface area contributed by atoms with Gasteiger partial charge < -0.3 is 9.47 Å². The maximum atomic E-state index is 13.4. The van der Waals surface area contributed by atoms with Gasteiger partial charge in [0.1, 0.15) is 12.2 Å². The Kier molecular flexibility index (Phi) is 5.85. The summed E-state index contributed by atoms with van der Waals surface area (Å²) in [6, 6.07) is 6.21. The standard InChI is InChI=1S/C20H22ClFN6O2S/c1-27-12-24-25-20(27)13-5-7-28(8-6-13)19-16(14-3-4-18(22)23-11-14)9-15(21)10-17(19)26-31(2,29)30/h3-4,9-13,26H,5-8H2,1-2H3. The Morgan fingerprint density at radius 2 is 1.97 bits per heavy atom. The van der Waals surface area contributed by atoms with Crippen LogP contribution in [0, 0.1) is 5.95 Å². The number of aryl methyl sites for hydroxylation is 1. The number of piperidine rings is 1. The SMILES string of the molecule is Cn1cnnc1C1CCN(c2c(NS(C)(=O)=O)cc(Cl)cc2-c2ccc(F)nc2)CC1. The lowest BCUT2D eigenvalue weighted by molar-refractivity contribution is 0.474. The lowest BCUT2D eigenvalue weighted by atomic mass is 9.94. The van der Waals surface area contributed by atoms with Crippen molar-refractivity contribution < 1.29 is 12.8 Å². The number of nitrogens with zero attached hydrogens (tertiary/aromatic N) is 5. The predicted octanol–water partition coefficient (Wildman–Crippen LogP) is 3.43. The van der Waals surface area contributed by atoms with Gasteiger partial charge in [-0.3, -0.25) is 4.72 Å². The van der Waals surface area contributed by atoms with Crippen molar-refractivity contribution >= 4 is 33.0 Å². The maximum Gasteiger partial charge on any atom is 0.229 e. The molecule has 1 aliphatic rings. The minimum atomic E-state index is -3.55. The third kappa shape index (κ3) is 4.80. The fraction of sp³-hybridized carbons (Fsp3) is 0.350. The number of aromatic nitrogens is 4. The Hall–Kier alpha value is -2.72. The molecule has 0 unspecified atom stereocenters. The number of sulfonamides is 1. The average molecular weight is 465 g/mol. The van der Waals surface area contributed by atoms with E-state index in [1.54, 1.807) is 24.5 Å². The van der Waals surface area contributed by atoms with Crippen LogP contribution in [0.3, 0.4) is 0 Å². The van der Waals surface area contributed by atoms with E-state index in [1.165, 1.54) is 12.3 Å². The van der Waals surface area contributed by atoms with Gasteiger partial charge in [0.25, 0.3) is 0 Å². The highest BCUT2D eigenvalue weighted by Gasteiger charge is 2.28. The lowest BCUT2D eigenvalue weighted by Crippen LogP contribution is -2.34. The number of anilines is 2. The summed E-state index contributed by atoms with van der Waals surface area (Å²) in [5.41, 5.74) is 2.40. The first-order chi connectivity index (χ1) is 14.7. The monoisotopic (exact) mass is 464 g/mol. The molecule has 1 N–H and O–H groups in total. The van der Waals surface area contributed by atoms with Crippen molar-refractivity contribution in [3.63, 3.8) is 0 Å². The molecule has 1 aromatic carbocycles. The fourth-order valence-electron chi connectivity index (χ4n) is 4.00. The van der Waals surface area contributed by atoms with Gasteiger partial charge in [-0.2, -0.15) is 4.39 Å². The van der Waals surface area contributed by atoms with Gasteiger partial charge in [0.15, 0.2) is 0 Å². The van der Waals surface area contributed by atoms with E-state index in [0.717, 1.165) is 24.9 Å². The molecule has 0 bridgehead atoms. The second-order valence-electron chi connectivity index (χ2n) is 7.65. The van der Waals surface area contributed by atoms with Crippen LogP contribution in [0.4, 0.5) is 15.8 Å². The summed E-state index contributed by atoms with van der Waals surface area (Å²) in [5, 5.41) is 8.56. The number of halogens is 2. The van der Waals surface area contributed by atoms with E-state index in [1.807, 2.05) is 11.6 Å². The molecule has 3 heterocycles. The molecule has 0 atom stereocenters. The number of hydrogen-bond acceptors (Lipinski definition) is 6. The van der Waals surface area contributed by atoms with Gasteiger partial charge in [0.2, 0.25) is 16.0 Å². The predicted molar refractivity (Wildman–Crippen MR) is 118 cm³/mol. The highest BCUT2D eigenvalue weighted by Crippen LogP contribution is 2.42. The number of nitrogens with one attached hydrogen (secondary N) is 1. The van der Waals surface area contributed by atoms with Crippen LogP contribution in [0.25, 0.3) is 11.1 Å². The summed E-state index contributed by atoms with van der Waals surface area (Å²) in [7, 11) is -1.62. The summed E-state index contributed by atoms with van der Waals surface area (Å²) < 4.78 is 42.0. The van der Waals surface area contributed by atoms with Crippen molar-refractivity contribution in [3.05, 3.63) is 53.6 Å². The minimum Gasteiger partial charge on any atom is -0.369 e. The van der Waals surface area contributed by atoms with E-state index >= 15 is 0 Å². The van der Waals surface area contributed by atoms with Gasteiger partial charge in [0, 0.05) is 48.4 Å². The molecule has 1 aliphatic heterocycles. The molecule has 1 fully saturated rings. The van der Waals surface area contributed by atoms with Crippen molar-refractivity contribution in [1.82, 2.24) is 19.7 Å². The van der Waals surface area contributed by atoms with E-state index in [9.17, 15) is 12.8 Å². The second-order valence-corrected chi connectivity index (χ2v) is 9.84. The molecule has 2 aromatic heterocycles. The molecule has 0 radical (unpaired) electrons. The zero-order valence-electron chi connectivity index (χ0n) is 17.1. The van der Waals surface area contributed by atoms with Crippen molar-refractivity contribution in [3.8, 4) is 11.1 Å². The summed E-state index contributed by atoms with van der Waals surface area (Å²) in [6.45, 7) is 1.36. The van der Waals surface area contributed by atoms with Crippen LogP contribution < -0.4 is 9.62 Å². The first-order valence-electron chi connectivity index (χ1n) is 9.73. The zero-order valence-corrected chi connectivity index (χ0v) is 18.7. The number of rotatable bonds is 5. The number of benzene rings is 1. The average Bonchev–Trinajstić information content (AvgIpc) is 3.13. The number of pyridine rings is 1. The van der Waals surface area contributed by atoms with Crippen LogP contribution in [0.2, 0.25) is 5.02 Å². The van der Waals surface area contributed by atoms with Gasteiger partial charge in [-0.05, 0) is 37.1 Å². The summed E-state index contributed by atoms with van der Waals surface area (Å²) in [6.07, 6.45) is 5.86. The Labute approximate surface area is 185 Å². The molecular weight excluding hydrogens is 443 g/mol. The smallest absolute Gasteiger partial charge is 0.229 e. The van der Waals surface area contributed by atoms with Crippen LogP contribution >= 0.6 is 11.6 Å². The van der Waals surface area contributed by atoms with Crippen molar-refractivity contribution in [2.45, 2.75) is 18.8 Å². The highest BCUT2D eigenvalue weighted by molar-refractivity contribution is 7.92. The molecule has 0 saturated carbocycles. The van der Waals surface area contributed by atoms with E-state index in [4.69, 9.17) is 11.6 Å². The number of hydrogen-bond donors (Lipinski definition) is 1. The molecule has 4 rings (SSSR count). The van der Waals surface area contributed by atoms with Crippen LogP contribution in [-0.2, 0) is 17.1 Å². The van der Waals surface area contributed by atoms with Crippen molar-refractivity contribution in [2.24, 2.45) is 7.05 Å². The van der Waals surface area contributed by atoms with Gasteiger partial charge in [0.05, 0.1) is 17.6 Å². The summed E-state index contributed by atoms with van der Waals surface area (Å²) in [4.78, 5) is 5.87. The van der Waals surface area contributed by atoms with Crippen LogP contribution in [0.15, 0.2) is 36.8 Å². The van der Waals surface area contributed by atoms with Crippen LogP contribution in [0.1, 0.15) is 24.6 Å². The molecule has 0 aliphatic carbocycles. The van der Waals surface area contributed by atoms with Crippen molar-refractivity contribution in [1.29, 1.82) is 0 Å². The molecule has 31 heavy (non-hydrogen) atoms. The minimum absolute atomic E-state index is 0.262. The normalized spacial score (nSPS) is 15.3. The quantitative estimate of drug-likeness (QED) is 0.581. The molecule has 164 valence electrons. The van der Waals surface area contributed by atoms with E-state index in [2.05, 4.69) is 24.8 Å². The second kappa shape index (κ2) is 8.43. The topological polar surface area (TPSA) is 93.0 Å². The van der Waals surface area contributed by atoms with Gasteiger partial charge in [-0.25, -0.2) is 13.4 Å². The largest absolute Gasteiger partial charge is 0.369 e. The molecular formula is C20H22ClFN6O2S. The Bertz CT molecular complexity index is 1190. The third-order valence-corrected chi connectivity index (χ3v) is 6.14. The molecule has 8 nitrogen and oxygen atoms in total. The van der Waals surface area contributed by atoms with E-state index < -0.39 is 16.0 Å². The molecule has 3 aromatic rings. The van der Waals surface area contributed by atoms with Crippen molar-refractivity contribution in [2.75, 3.05) is 29.0 Å². The summed E-state index contributed by atoms with van der Waals surface area (Å²) in [5.74, 6) is 0.609. The summed E-state index contributed by atoms with van der Waals surface area (Å²) >= 11 is 6.31. The molecule has 0 amide bonds. The third-order valence-electron chi connectivity index (χ3n) is 5.33. The highest BCUT2D eigenvalue weighted by atomic mass is 35.5. The zero-order chi connectivity index (χ0) is 22.2. The fourth-order valence-corrected chi connectivity index (χ4v) is 4.77. The first kappa shape index (κ1) is 21.5. The van der Waals surface area contributed by atoms with Crippen LogP contribution in [-0.4, -0.2) is 47.5 Å². The van der Waals surface area contributed by atoms with E-state index in [-0.39, 0.29) is 5.92 Å². The van der Waals surface area contributed by atoms with E-state index in [0.29, 0.717) is 40.6 Å². The molecule has 11 heteroatoms. The Morgan fingerprint density at radius 3 is 2.55 bits per heavy atom. The first-order valence-corrected chi connectivity index (χ1v) is 12.0. The lowest BCUT2D eigenvalue weighted by Gasteiger charge is -2.35. The van der Waals surface area contributed by atoms with Gasteiger partial charge in [-0.15, -0.1) is 10.2 Å². The maximum absolute atomic E-state index is 13.4. The van der Waals surface area contributed by atoms with Gasteiger partial charge in [-0.1, -0.05) is 11.6 Å². The molecule has 0 spiro atoms. The van der Waals surface area contributed by atoms with Crippen LogP contribution in [0.5, 0.6) is 0 Å². The Balaban J connectivity index is 1.74.